The minimum absolute atomic E-state index is 0.0871. The number of hydrogen-bond acceptors (Lipinski definition) is 2. The average molecular weight is 412 g/mol. The molecule has 0 bridgehead atoms. The molecule has 0 radical (unpaired) electrons. The van der Waals surface area contributed by atoms with Gasteiger partial charge in [-0.15, -0.1) is 0 Å². The number of aryl methyl sites for hydroxylation is 1. The lowest BCUT2D eigenvalue weighted by molar-refractivity contribution is 0.102. The van der Waals surface area contributed by atoms with Gasteiger partial charge in [0.05, 0.1) is 0 Å². The number of anilines is 1. The zero-order chi connectivity index (χ0) is 17.6. The third-order valence-electron chi connectivity index (χ3n) is 3.79. The van der Waals surface area contributed by atoms with Crippen molar-refractivity contribution in [2.45, 2.75) is 23.1 Å². The number of carbonyl (C=O) groups excluding carboxylic acids is 1. The van der Waals surface area contributed by atoms with Gasteiger partial charge in [0, 0.05) is 25.5 Å². The van der Waals surface area contributed by atoms with Crippen LogP contribution in [-0.2, 0) is 6.42 Å². The molecule has 3 rings (SSSR count). The van der Waals surface area contributed by atoms with Crippen LogP contribution < -0.4 is 5.32 Å². The predicted molar refractivity (Wildman–Crippen MR) is 108 cm³/mol. The largest absolute Gasteiger partial charge is 0.322 e. The van der Waals surface area contributed by atoms with E-state index in [1.807, 2.05) is 60.7 Å². The molecule has 126 valence electrons. The van der Waals surface area contributed by atoms with E-state index < -0.39 is 0 Å². The van der Waals surface area contributed by atoms with Crippen molar-refractivity contribution in [3.05, 3.63) is 88.4 Å². The number of benzene rings is 3. The molecule has 1 N–H and O–H groups in total. The molecule has 3 aromatic rings. The molecule has 0 saturated carbocycles. The van der Waals surface area contributed by atoms with Crippen molar-refractivity contribution in [1.82, 2.24) is 0 Å². The van der Waals surface area contributed by atoms with Crippen molar-refractivity contribution in [2.24, 2.45) is 0 Å². The summed E-state index contributed by atoms with van der Waals surface area (Å²) >= 11 is 5.13. The van der Waals surface area contributed by atoms with Gasteiger partial charge in [0.1, 0.15) is 0 Å². The van der Waals surface area contributed by atoms with Gasteiger partial charge in [0.2, 0.25) is 0 Å². The fourth-order valence-corrected chi connectivity index (χ4v) is 3.42. The van der Waals surface area contributed by atoms with Crippen molar-refractivity contribution in [3.63, 3.8) is 0 Å². The molecule has 0 aliphatic carbocycles. The van der Waals surface area contributed by atoms with E-state index in [2.05, 4.69) is 40.3 Å². The minimum Gasteiger partial charge on any atom is -0.322 e. The smallest absolute Gasteiger partial charge is 0.255 e. The van der Waals surface area contributed by atoms with Gasteiger partial charge in [0.15, 0.2) is 0 Å². The maximum Gasteiger partial charge on any atom is 0.255 e. The summed E-state index contributed by atoms with van der Waals surface area (Å²) in [7, 11) is 0. The Bertz CT molecular complexity index is 843. The molecule has 0 fully saturated rings. The second-order valence-corrected chi connectivity index (χ2v) is 7.65. The number of nitrogens with one attached hydrogen (secondary N) is 1. The Labute approximate surface area is 160 Å². The van der Waals surface area contributed by atoms with E-state index in [1.54, 1.807) is 11.8 Å². The van der Waals surface area contributed by atoms with Crippen molar-refractivity contribution < 1.29 is 4.79 Å². The van der Waals surface area contributed by atoms with Crippen molar-refractivity contribution >= 4 is 39.3 Å². The first-order valence-electron chi connectivity index (χ1n) is 8.08. The monoisotopic (exact) mass is 411 g/mol. The first-order chi connectivity index (χ1) is 12.1. The van der Waals surface area contributed by atoms with Crippen LogP contribution in [0.2, 0.25) is 0 Å². The Morgan fingerprint density at radius 2 is 1.44 bits per heavy atom. The van der Waals surface area contributed by atoms with Gasteiger partial charge >= 0.3 is 0 Å². The maximum atomic E-state index is 12.3. The Morgan fingerprint density at radius 3 is 2.00 bits per heavy atom. The second kappa shape index (κ2) is 8.37. The molecule has 0 heterocycles. The van der Waals surface area contributed by atoms with Crippen LogP contribution in [0.25, 0.3) is 0 Å². The van der Waals surface area contributed by atoms with Crippen molar-refractivity contribution in [1.29, 1.82) is 0 Å². The normalized spacial score (nSPS) is 10.5. The lowest BCUT2D eigenvalue weighted by atomic mass is 10.1. The van der Waals surface area contributed by atoms with E-state index >= 15 is 0 Å². The summed E-state index contributed by atoms with van der Waals surface area (Å²) in [4.78, 5) is 14.6. The highest BCUT2D eigenvalue weighted by molar-refractivity contribution is 9.10. The third kappa shape index (κ3) is 4.97. The standard InChI is InChI=1S/C21H18BrNOS/c1-2-15-3-5-16(6-4-15)21(24)23-18-9-13-20(14-10-18)25-19-11-7-17(22)8-12-19/h3-14H,2H2,1H3,(H,23,24). The van der Waals surface area contributed by atoms with Gasteiger partial charge in [-0.1, -0.05) is 46.7 Å². The molecule has 4 heteroatoms. The Kier molecular flexibility index (Phi) is 5.95. The fraction of sp³-hybridized carbons (Fsp3) is 0.0952. The van der Waals surface area contributed by atoms with Gasteiger partial charge in [-0.3, -0.25) is 4.79 Å². The molecule has 0 saturated heterocycles. The third-order valence-corrected chi connectivity index (χ3v) is 5.33. The van der Waals surface area contributed by atoms with E-state index in [4.69, 9.17) is 0 Å². The molecule has 25 heavy (non-hydrogen) atoms. The molecule has 0 unspecified atom stereocenters. The summed E-state index contributed by atoms with van der Waals surface area (Å²) in [5.74, 6) is -0.0871. The van der Waals surface area contributed by atoms with Crippen LogP contribution in [0, 0.1) is 0 Å². The lowest BCUT2D eigenvalue weighted by Crippen LogP contribution is -2.11. The van der Waals surface area contributed by atoms with Crippen LogP contribution in [0.4, 0.5) is 5.69 Å². The van der Waals surface area contributed by atoms with Crippen LogP contribution >= 0.6 is 27.7 Å². The highest BCUT2D eigenvalue weighted by Gasteiger charge is 2.06. The zero-order valence-electron chi connectivity index (χ0n) is 13.8. The first kappa shape index (κ1) is 17.8. The van der Waals surface area contributed by atoms with Crippen molar-refractivity contribution in [2.75, 3.05) is 5.32 Å². The molecule has 0 aliphatic rings. The molecule has 0 atom stereocenters. The molecule has 0 spiro atoms. The van der Waals surface area contributed by atoms with Crippen LogP contribution in [-0.4, -0.2) is 5.91 Å². The van der Waals surface area contributed by atoms with Crippen LogP contribution in [0.3, 0.4) is 0 Å². The predicted octanol–water partition coefficient (Wildman–Crippen LogP) is 6.42. The summed E-state index contributed by atoms with van der Waals surface area (Å²) in [5, 5.41) is 2.94. The highest BCUT2D eigenvalue weighted by atomic mass is 79.9. The SMILES string of the molecule is CCc1ccc(C(=O)Nc2ccc(Sc3ccc(Br)cc3)cc2)cc1. The summed E-state index contributed by atoms with van der Waals surface area (Å²) in [5.41, 5.74) is 2.70. The molecule has 0 aliphatic heterocycles. The Balaban J connectivity index is 1.63. The zero-order valence-corrected chi connectivity index (χ0v) is 16.2. The van der Waals surface area contributed by atoms with E-state index in [9.17, 15) is 4.79 Å². The highest BCUT2D eigenvalue weighted by Crippen LogP contribution is 2.29. The Hall–Kier alpha value is -2.04. The minimum atomic E-state index is -0.0871. The number of amides is 1. The summed E-state index contributed by atoms with van der Waals surface area (Å²) in [6.07, 6.45) is 0.972. The molecule has 1 amide bonds. The maximum absolute atomic E-state index is 12.3. The summed E-state index contributed by atoms with van der Waals surface area (Å²) in [6.45, 7) is 2.10. The van der Waals surface area contributed by atoms with Gasteiger partial charge in [-0.2, -0.15) is 0 Å². The van der Waals surface area contributed by atoms with Gasteiger partial charge in [0.25, 0.3) is 5.91 Å². The molecule has 2 nitrogen and oxygen atoms in total. The molecule has 3 aromatic carbocycles. The second-order valence-electron chi connectivity index (χ2n) is 5.58. The first-order valence-corrected chi connectivity index (χ1v) is 9.69. The summed E-state index contributed by atoms with van der Waals surface area (Å²) in [6, 6.07) is 23.8. The van der Waals surface area contributed by atoms with Crippen LogP contribution in [0.5, 0.6) is 0 Å². The Morgan fingerprint density at radius 1 is 0.880 bits per heavy atom. The van der Waals surface area contributed by atoms with Gasteiger partial charge in [-0.25, -0.2) is 0 Å². The van der Waals surface area contributed by atoms with E-state index in [0.29, 0.717) is 5.56 Å². The number of rotatable bonds is 5. The van der Waals surface area contributed by atoms with Gasteiger partial charge in [-0.05, 0) is 72.6 Å². The van der Waals surface area contributed by atoms with Crippen LogP contribution in [0.15, 0.2) is 87.1 Å². The quantitative estimate of drug-likeness (QED) is 0.524. The van der Waals surface area contributed by atoms with E-state index in [-0.39, 0.29) is 5.91 Å². The van der Waals surface area contributed by atoms with Crippen LogP contribution in [0.1, 0.15) is 22.8 Å². The average Bonchev–Trinajstić information content (AvgIpc) is 2.65. The molecular weight excluding hydrogens is 394 g/mol. The number of hydrogen-bond donors (Lipinski definition) is 1. The van der Waals surface area contributed by atoms with Gasteiger partial charge < -0.3 is 5.32 Å². The summed E-state index contributed by atoms with van der Waals surface area (Å²) < 4.78 is 1.07. The van der Waals surface area contributed by atoms with E-state index in [0.717, 1.165) is 21.5 Å². The number of carbonyl (C=O) groups is 1. The molecular formula is C21H18BrNOS. The topological polar surface area (TPSA) is 29.1 Å². The fourth-order valence-electron chi connectivity index (χ4n) is 2.34. The van der Waals surface area contributed by atoms with E-state index in [1.165, 1.54) is 10.5 Å². The van der Waals surface area contributed by atoms with Crippen molar-refractivity contribution in [3.8, 4) is 0 Å². The molecule has 0 aromatic heterocycles. The number of halogens is 1. The lowest BCUT2D eigenvalue weighted by Gasteiger charge is -2.07.